The molecule has 1 aliphatic rings. The van der Waals surface area contributed by atoms with Crippen molar-refractivity contribution in [3.63, 3.8) is 0 Å². The lowest BCUT2D eigenvalue weighted by molar-refractivity contribution is -0.137. The zero-order valence-electron chi connectivity index (χ0n) is 15.9. The fraction of sp³-hybridized carbons (Fsp3) is 0.300. The van der Waals surface area contributed by atoms with Crippen LogP contribution in [0.2, 0.25) is 0 Å². The van der Waals surface area contributed by atoms with Crippen LogP contribution in [0.1, 0.15) is 48.0 Å². The third kappa shape index (κ3) is 5.59. The van der Waals surface area contributed by atoms with E-state index < -0.39 is 27.7 Å². The van der Waals surface area contributed by atoms with Crippen LogP contribution in [0.4, 0.5) is 18.9 Å². The summed E-state index contributed by atoms with van der Waals surface area (Å²) in [5.74, 6) is -0.566. The molecule has 10 heteroatoms. The first-order chi connectivity index (χ1) is 14.1. The summed E-state index contributed by atoms with van der Waals surface area (Å²) in [6.07, 6.45) is 0.198. The lowest BCUT2D eigenvalue weighted by Gasteiger charge is -2.13. The number of nitrogens with one attached hydrogen (secondary N) is 2. The lowest BCUT2D eigenvalue weighted by Crippen LogP contribution is -2.21. The maximum atomic E-state index is 12.8. The molecule has 0 bridgehead atoms. The van der Waals surface area contributed by atoms with Crippen LogP contribution < -0.4 is 10.1 Å². The van der Waals surface area contributed by atoms with Gasteiger partial charge in [-0.2, -0.15) is 18.3 Å². The zero-order valence-corrected chi connectivity index (χ0v) is 16.7. The van der Waals surface area contributed by atoms with Gasteiger partial charge in [0.05, 0.1) is 10.5 Å². The van der Waals surface area contributed by atoms with Crippen molar-refractivity contribution >= 4 is 27.3 Å². The predicted octanol–water partition coefficient (Wildman–Crippen LogP) is 4.56. The van der Waals surface area contributed by atoms with Crippen molar-refractivity contribution in [2.24, 2.45) is 5.10 Å². The zero-order chi connectivity index (χ0) is 21.8. The van der Waals surface area contributed by atoms with E-state index in [2.05, 4.69) is 15.2 Å². The van der Waals surface area contributed by atoms with E-state index in [0.717, 1.165) is 56.0 Å². The van der Waals surface area contributed by atoms with Crippen LogP contribution in [0.3, 0.4) is 0 Å². The van der Waals surface area contributed by atoms with Gasteiger partial charge in [0.2, 0.25) is 0 Å². The molecule has 3 rings (SSSR count). The molecule has 160 valence electrons. The largest absolute Gasteiger partial charge is 0.416 e. The highest BCUT2D eigenvalue weighted by Gasteiger charge is 2.30. The molecule has 2 aromatic rings. The highest BCUT2D eigenvalue weighted by molar-refractivity contribution is 7.92. The van der Waals surface area contributed by atoms with Crippen LogP contribution in [-0.2, 0) is 16.2 Å². The number of rotatable bonds is 5. The molecule has 1 fully saturated rings. The summed E-state index contributed by atoms with van der Waals surface area (Å²) >= 11 is 0. The average molecular weight is 439 g/mol. The summed E-state index contributed by atoms with van der Waals surface area (Å²) in [6.45, 7) is 0. The Kier molecular flexibility index (Phi) is 6.45. The number of alkyl halides is 3. The molecule has 0 heterocycles. The topological polar surface area (TPSA) is 87.6 Å². The SMILES string of the molecule is O=C(NN=C1CCCCC1)c1cccc(S(=O)(=O)Nc2cccc(C(F)(F)F)c2)c1. The second-order valence-corrected chi connectivity index (χ2v) is 8.57. The van der Waals surface area contributed by atoms with Crippen LogP contribution in [0.25, 0.3) is 0 Å². The Balaban J connectivity index is 1.76. The van der Waals surface area contributed by atoms with Gasteiger partial charge in [0, 0.05) is 17.0 Å². The molecule has 1 aliphatic carbocycles. The molecule has 0 unspecified atom stereocenters. The Morgan fingerprint density at radius 2 is 1.67 bits per heavy atom. The molecule has 6 nitrogen and oxygen atoms in total. The Hall–Kier alpha value is -2.88. The van der Waals surface area contributed by atoms with Crippen LogP contribution in [0, 0.1) is 0 Å². The maximum Gasteiger partial charge on any atom is 0.416 e. The Labute approximate surface area is 172 Å². The second-order valence-electron chi connectivity index (χ2n) is 6.89. The minimum atomic E-state index is -4.60. The molecular weight excluding hydrogens is 419 g/mol. The van der Waals surface area contributed by atoms with E-state index in [1.165, 1.54) is 24.3 Å². The molecule has 1 amide bonds. The number of nitrogens with zero attached hydrogens (tertiary/aromatic N) is 1. The van der Waals surface area contributed by atoms with E-state index in [1.807, 2.05) is 0 Å². The summed E-state index contributed by atoms with van der Waals surface area (Å²) in [6, 6.07) is 9.07. The normalized spacial score (nSPS) is 14.8. The van der Waals surface area contributed by atoms with E-state index in [9.17, 15) is 26.4 Å². The number of benzene rings is 2. The molecule has 2 N–H and O–H groups in total. The molecule has 0 spiro atoms. The minimum absolute atomic E-state index is 0.0714. The third-order valence-electron chi connectivity index (χ3n) is 4.59. The van der Waals surface area contributed by atoms with Crippen molar-refractivity contribution in [1.29, 1.82) is 0 Å². The molecule has 1 saturated carbocycles. The molecule has 0 aliphatic heterocycles. The molecule has 0 saturated heterocycles. The number of anilines is 1. The van der Waals surface area contributed by atoms with E-state index in [1.54, 1.807) is 0 Å². The Bertz CT molecular complexity index is 1060. The van der Waals surface area contributed by atoms with Crippen LogP contribution in [-0.4, -0.2) is 20.0 Å². The van der Waals surface area contributed by atoms with E-state index in [-0.39, 0.29) is 16.1 Å². The molecule has 0 aromatic heterocycles. The van der Waals surface area contributed by atoms with E-state index in [0.29, 0.717) is 6.07 Å². The summed E-state index contributed by atoms with van der Waals surface area (Å²) < 4.78 is 65.8. The average Bonchev–Trinajstić information content (AvgIpc) is 2.72. The third-order valence-corrected chi connectivity index (χ3v) is 5.97. The number of sulfonamides is 1. The van der Waals surface area contributed by atoms with Crippen molar-refractivity contribution in [3.8, 4) is 0 Å². The first kappa shape index (κ1) is 21.8. The summed E-state index contributed by atoms with van der Waals surface area (Å²) in [5.41, 5.74) is 2.19. The van der Waals surface area contributed by atoms with Gasteiger partial charge >= 0.3 is 6.18 Å². The van der Waals surface area contributed by atoms with Gasteiger partial charge in [-0.1, -0.05) is 18.6 Å². The number of hydrogen-bond acceptors (Lipinski definition) is 4. The van der Waals surface area contributed by atoms with Crippen molar-refractivity contribution in [2.45, 2.75) is 43.2 Å². The minimum Gasteiger partial charge on any atom is -0.280 e. The fourth-order valence-electron chi connectivity index (χ4n) is 3.04. The van der Waals surface area contributed by atoms with Gasteiger partial charge in [-0.25, -0.2) is 13.8 Å². The summed E-state index contributed by atoms with van der Waals surface area (Å²) in [7, 11) is -4.20. The number of amides is 1. The van der Waals surface area contributed by atoms with Crippen LogP contribution >= 0.6 is 0 Å². The number of hydrogen-bond donors (Lipinski definition) is 2. The second kappa shape index (κ2) is 8.86. The molecule has 0 radical (unpaired) electrons. The van der Waals surface area contributed by atoms with Gasteiger partial charge in [0.15, 0.2) is 0 Å². The molecule has 2 aromatic carbocycles. The highest BCUT2D eigenvalue weighted by atomic mass is 32.2. The fourth-order valence-corrected chi connectivity index (χ4v) is 4.14. The maximum absolute atomic E-state index is 12.8. The van der Waals surface area contributed by atoms with Gasteiger partial charge in [-0.15, -0.1) is 0 Å². The highest BCUT2D eigenvalue weighted by Crippen LogP contribution is 2.31. The number of carbonyl (C=O) groups excluding carboxylic acids is 1. The van der Waals surface area contributed by atoms with Gasteiger partial charge < -0.3 is 0 Å². The predicted molar refractivity (Wildman–Crippen MR) is 107 cm³/mol. The quantitative estimate of drug-likeness (QED) is 0.670. The number of halogens is 3. The summed E-state index contributed by atoms with van der Waals surface area (Å²) in [5, 5.41) is 4.10. The summed E-state index contributed by atoms with van der Waals surface area (Å²) in [4.78, 5) is 12.1. The van der Waals surface area contributed by atoms with Gasteiger partial charge in [-0.3, -0.25) is 9.52 Å². The first-order valence-corrected chi connectivity index (χ1v) is 10.8. The molecule has 30 heavy (non-hydrogen) atoms. The molecular formula is C20H20F3N3O3S. The van der Waals surface area contributed by atoms with Crippen molar-refractivity contribution in [2.75, 3.05) is 4.72 Å². The van der Waals surface area contributed by atoms with Gasteiger partial charge in [0.1, 0.15) is 0 Å². The van der Waals surface area contributed by atoms with E-state index in [4.69, 9.17) is 0 Å². The van der Waals surface area contributed by atoms with Crippen LogP contribution in [0.5, 0.6) is 0 Å². The van der Waals surface area contributed by atoms with Crippen molar-refractivity contribution in [3.05, 3.63) is 59.7 Å². The first-order valence-electron chi connectivity index (χ1n) is 9.31. The van der Waals surface area contributed by atoms with E-state index >= 15 is 0 Å². The van der Waals surface area contributed by atoms with Crippen molar-refractivity contribution in [1.82, 2.24) is 5.43 Å². The monoisotopic (exact) mass is 439 g/mol. The smallest absolute Gasteiger partial charge is 0.280 e. The van der Waals surface area contributed by atoms with Gasteiger partial charge in [-0.05, 0) is 62.1 Å². The van der Waals surface area contributed by atoms with Crippen LogP contribution in [0.15, 0.2) is 58.5 Å². The standard InChI is InChI=1S/C20H20F3N3O3S/c21-20(22,23)15-7-5-10-17(13-15)26-30(28,29)18-11-4-6-14(12-18)19(27)25-24-16-8-2-1-3-9-16/h4-7,10-13,26H,1-3,8-9H2,(H,25,27). The number of hydrazone groups is 1. The Morgan fingerprint density at radius 1 is 0.967 bits per heavy atom. The van der Waals surface area contributed by atoms with Gasteiger partial charge in [0.25, 0.3) is 15.9 Å². The number of carbonyl (C=O) groups is 1. The lowest BCUT2D eigenvalue weighted by atomic mass is 9.99. The molecule has 0 atom stereocenters. The Morgan fingerprint density at radius 3 is 2.37 bits per heavy atom. The van der Waals surface area contributed by atoms with Crippen molar-refractivity contribution < 1.29 is 26.4 Å².